The Bertz CT molecular complexity index is 825. The van der Waals surface area contributed by atoms with E-state index in [1.807, 2.05) is 48.5 Å². The summed E-state index contributed by atoms with van der Waals surface area (Å²) in [5.74, 6) is 0.641. The number of hydrogen-bond acceptors (Lipinski definition) is 5. The minimum atomic E-state index is -0.421. The highest BCUT2D eigenvalue weighted by molar-refractivity contribution is 8.38. The van der Waals surface area contributed by atoms with Gasteiger partial charge in [0.1, 0.15) is 4.38 Å². The molecule has 1 aliphatic rings. The van der Waals surface area contributed by atoms with Gasteiger partial charge in [0.05, 0.1) is 11.4 Å². The second kappa shape index (κ2) is 8.91. The van der Waals surface area contributed by atoms with Gasteiger partial charge in [-0.2, -0.15) is 0 Å². The Kier molecular flexibility index (Phi) is 6.35. The summed E-state index contributed by atoms with van der Waals surface area (Å²) in [6.07, 6.45) is 0.133. The number of primary amides is 1. The van der Waals surface area contributed by atoms with Crippen LogP contribution >= 0.6 is 23.5 Å². The van der Waals surface area contributed by atoms with E-state index in [-0.39, 0.29) is 24.6 Å². The fourth-order valence-electron chi connectivity index (χ4n) is 2.52. The van der Waals surface area contributed by atoms with Gasteiger partial charge >= 0.3 is 0 Å². The summed E-state index contributed by atoms with van der Waals surface area (Å²) in [4.78, 5) is 30.1. The zero-order valence-corrected chi connectivity index (χ0v) is 15.8. The summed E-state index contributed by atoms with van der Waals surface area (Å²) < 4.78 is 0.889. The van der Waals surface area contributed by atoms with Crippen LogP contribution in [0.1, 0.15) is 12.0 Å². The number of benzene rings is 2. The second-order valence-corrected chi connectivity index (χ2v) is 7.87. The molecule has 0 atom stereocenters. The van der Waals surface area contributed by atoms with Gasteiger partial charge in [0.15, 0.2) is 0 Å². The monoisotopic (exact) mass is 385 g/mol. The van der Waals surface area contributed by atoms with Crippen LogP contribution in [0.3, 0.4) is 0 Å². The van der Waals surface area contributed by atoms with E-state index in [4.69, 9.17) is 5.73 Å². The maximum absolute atomic E-state index is 12.7. The van der Waals surface area contributed by atoms with Gasteiger partial charge in [-0.05, 0) is 23.8 Å². The molecule has 1 heterocycles. The van der Waals surface area contributed by atoms with Crippen molar-refractivity contribution in [2.75, 3.05) is 17.2 Å². The molecule has 2 aromatic rings. The molecule has 0 bridgehead atoms. The number of anilines is 1. The molecule has 0 unspecified atom stereocenters. The number of nitrogens with zero attached hydrogens (tertiary/aromatic N) is 2. The lowest BCUT2D eigenvalue weighted by Gasteiger charge is -2.22. The quantitative estimate of drug-likeness (QED) is 0.825. The highest BCUT2D eigenvalue weighted by Gasteiger charge is 2.19. The zero-order chi connectivity index (χ0) is 18.4. The molecule has 5 nitrogen and oxygen atoms in total. The maximum Gasteiger partial charge on any atom is 0.237 e. The molecule has 7 heteroatoms. The molecular formula is C19H19N3O2S2. The van der Waals surface area contributed by atoms with E-state index in [1.54, 1.807) is 16.7 Å². The molecule has 0 aliphatic carbocycles. The Hall–Kier alpha value is -2.25. The third-order valence-electron chi connectivity index (χ3n) is 3.82. The van der Waals surface area contributed by atoms with E-state index in [0.717, 1.165) is 21.5 Å². The molecule has 2 aromatic carbocycles. The predicted octanol–water partition coefficient (Wildman–Crippen LogP) is 3.56. The van der Waals surface area contributed by atoms with Gasteiger partial charge < -0.3 is 10.6 Å². The molecular weight excluding hydrogens is 366 g/mol. The first kappa shape index (κ1) is 18.5. The summed E-state index contributed by atoms with van der Waals surface area (Å²) in [5.41, 5.74) is 8.19. The van der Waals surface area contributed by atoms with Crippen molar-refractivity contribution >= 4 is 51.1 Å². The van der Waals surface area contributed by atoms with Crippen molar-refractivity contribution in [3.05, 3.63) is 60.2 Å². The van der Waals surface area contributed by atoms with Crippen molar-refractivity contribution in [1.29, 1.82) is 0 Å². The van der Waals surface area contributed by atoms with Gasteiger partial charge in [0.2, 0.25) is 11.8 Å². The Balaban J connectivity index is 1.66. The zero-order valence-electron chi connectivity index (χ0n) is 14.1. The van der Waals surface area contributed by atoms with Crippen LogP contribution in [0.25, 0.3) is 0 Å². The van der Waals surface area contributed by atoms with E-state index < -0.39 is 5.91 Å². The molecule has 26 heavy (non-hydrogen) atoms. The van der Waals surface area contributed by atoms with Crippen molar-refractivity contribution in [2.24, 2.45) is 10.7 Å². The van der Waals surface area contributed by atoms with E-state index in [2.05, 4.69) is 11.1 Å². The molecule has 3 rings (SSSR count). The summed E-state index contributed by atoms with van der Waals surface area (Å²) in [5, 5.41) is 0. The molecule has 0 radical (unpaired) electrons. The summed E-state index contributed by atoms with van der Waals surface area (Å²) in [6, 6.07) is 17.4. The molecule has 0 fully saturated rings. The summed E-state index contributed by atoms with van der Waals surface area (Å²) >= 11 is 3.07. The largest absolute Gasteiger partial charge is 0.370 e. The van der Waals surface area contributed by atoms with Crippen molar-refractivity contribution < 1.29 is 9.59 Å². The number of aliphatic imine (C=N–C) groups is 1. The molecule has 0 saturated carbocycles. The first-order valence-corrected chi connectivity index (χ1v) is 10.2. The number of carbonyl (C=O) groups is 2. The smallest absolute Gasteiger partial charge is 0.237 e. The average Bonchev–Trinajstić information content (AvgIpc) is 2.67. The SMILES string of the molecule is NC(=O)CCN(C(=O)CSC1=Nc2ccccc2CS1)c1ccccc1. The minimum absolute atomic E-state index is 0.0652. The number of carbonyl (C=O) groups excluding carboxylic acids is 2. The van der Waals surface area contributed by atoms with E-state index in [1.165, 1.54) is 17.3 Å². The molecule has 0 spiro atoms. The van der Waals surface area contributed by atoms with Crippen molar-refractivity contribution in [1.82, 2.24) is 0 Å². The molecule has 1 aliphatic heterocycles. The lowest BCUT2D eigenvalue weighted by atomic mass is 10.2. The van der Waals surface area contributed by atoms with Crippen molar-refractivity contribution in [3.63, 3.8) is 0 Å². The Labute approximate surface area is 161 Å². The third kappa shape index (κ3) is 4.89. The van der Waals surface area contributed by atoms with Crippen LogP contribution in [0, 0.1) is 0 Å². The Morgan fingerprint density at radius 3 is 2.62 bits per heavy atom. The lowest BCUT2D eigenvalue weighted by Crippen LogP contribution is -2.35. The number of amides is 2. The minimum Gasteiger partial charge on any atom is -0.370 e. The van der Waals surface area contributed by atoms with E-state index in [0.29, 0.717) is 0 Å². The van der Waals surface area contributed by atoms with Crippen LogP contribution in [0.4, 0.5) is 11.4 Å². The van der Waals surface area contributed by atoms with Crippen LogP contribution < -0.4 is 10.6 Å². The average molecular weight is 386 g/mol. The standard InChI is InChI=1S/C19H19N3O2S2/c20-17(23)10-11-22(15-7-2-1-3-8-15)18(24)13-26-19-21-16-9-5-4-6-14(16)12-25-19/h1-9H,10-13H2,(H2,20,23). The number of para-hydroxylation sites is 2. The molecule has 134 valence electrons. The molecule has 2 amide bonds. The second-order valence-electron chi connectivity index (χ2n) is 5.68. The number of thioether (sulfide) groups is 2. The molecule has 0 saturated heterocycles. The van der Waals surface area contributed by atoms with Crippen LogP contribution in [0.5, 0.6) is 0 Å². The van der Waals surface area contributed by atoms with E-state index >= 15 is 0 Å². The fourth-order valence-corrected chi connectivity index (χ4v) is 4.45. The van der Waals surface area contributed by atoms with Gasteiger partial charge in [-0.1, -0.05) is 59.9 Å². The van der Waals surface area contributed by atoms with E-state index in [9.17, 15) is 9.59 Å². The van der Waals surface area contributed by atoms with Gasteiger partial charge in [-0.3, -0.25) is 9.59 Å². The maximum atomic E-state index is 12.7. The number of nitrogens with two attached hydrogens (primary N) is 1. The van der Waals surface area contributed by atoms with Crippen molar-refractivity contribution in [3.8, 4) is 0 Å². The van der Waals surface area contributed by atoms with Gasteiger partial charge in [-0.15, -0.1) is 0 Å². The number of hydrogen-bond donors (Lipinski definition) is 1. The van der Waals surface area contributed by atoms with Gasteiger partial charge in [0.25, 0.3) is 0 Å². The van der Waals surface area contributed by atoms with Crippen LogP contribution in [0.15, 0.2) is 59.6 Å². The summed E-state index contributed by atoms with van der Waals surface area (Å²) in [7, 11) is 0. The van der Waals surface area contributed by atoms with Crippen LogP contribution in [0.2, 0.25) is 0 Å². The topological polar surface area (TPSA) is 75.8 Å². The molecule has 2 N–H and O–H groups in total. The first-order valence-electron chi connectivity index (χ1n) is 8.19. The highest BCUT2D eigenvalue weighted by atomic mass is 32.2. The number of fused-ring (bicyclic) bond motifs is 1. The normalized spacial score (nSPS) is 12.8. The highest BCUT2D eigenvalue weighted by Crippen LogP contribution is 2.34. The van der Waals surface area contributed by atoms with Gasteiger partial charge in [0, 0.05) is 24.4 Å². The lowest BCUT2D eigenvalue weighted by molar-refractivity contribution is -0.118. The Morgan fingerprint density at radius 1 is 1.12 bits per heavy atom. The van der Waals surface area contributed by atoms with Crippen LogP contribution in [-0.2, 0) is 15.3 Å². The summed E-state index contributed by atoms with van der Waals surface area (Å²) in [6.45, 7) is 0.279. The third-order valence-corrected chi connectivity index (χ3v) is 6.05. The van der Waals surface area contributed by atoms with Crippen molar-refractivity contribution in [2.45, 2.75) is 12.2 Å². The van der Waals surface area contributed by atoms with Crippen LogP contribution in [-0.4, -0.2) is 28.5 Å². The Morgan fingerprint density at radius 2 is 1.85 bits per heavy atom. The molecule has 0 aromatic heterocycles. The van der Waals surface area contributed by atoms with Gasteiger partial charge in [-0.25, -0.2) is 4.99 Å². The fraction of sp³-hybridized carbons (Fsp3) is 0.211. The number of rotatable bonds is 6. The first-order chi connectivity index (χ1) is 12.6. The predicted molar refractivity (Wildman–Crippen MR) is 110 cm³/mol.